The number of nitrogens with zero attached hydrogens (tertiary/aromatic N) is 2. The van der Waals surface area contributed by atoms with E-state index in [1.54, 1.807) is 12.1 Å². The van der Waals surface area contributed by atoms with E-state index in [4.69, 9.17) is 0 Å². The molecule has 2 aromatic carbocycles. The molecule has 0 radical (unpaired) electrons. The van der Waals surface area contributed by atoms with Crippen LogP contribution in [-0.2, 0) is 0 Å². The van der Waals surface area contributed by atoms with Gasteiger partial charge in [-0.3, -0.25) is 4.79 Å². The van der Waals surface area contributed by atoms with Crippen molar-refractivity contribution in [2.24, 2.45) is 5.92 Å². The van der Waals surface area contributed by atoms with E-state index in [1.807, 2.05) is 43.3 Å². The van der Waals surface area contributed by atoms with Gasteiger partial charge in [-0.25, -0.2) is 9.37 Å². The lowest BCUT2D eigenvalue weighted by atomic mass is 9.78. The summed E-state index contributed by atoms with van der Waals surface area (Å²) in [6.45, 7) is 1.90. The van der Waals surface area contributed by atoms with E-state index < -0.39 is 0 Å². The lowest BCUT2D eigenvalue weighted by Gasteiger charge is -2.37. The molecule has 1 aliphatic carbocycles. The summed E-state index contributed by atoms with van der Waals surface area (Å²) in [6.07, 6.45) is 3.86. The van der Waals surface area contributed by atoms with Gasteiger partial charge in [0, 0.05) is 17.6 Å². The van der Waals surface area contributed by atoms with Crippen LogP contribution >= 0.6 is 11.3 Å². The topological polar surface area (TPSA) is 45.2 Å². The van der Waals surface area contributed by atoms with Crippen molar-refractivity contribution in [3.63, 3.8) is 0 Å². The predicted octanol–water partition coefficient (Wildman–Crippen LogP) is 5.85. The fourth-order valence-electron chi connectivity index (χ4n) is 4.82. The minimum Gasteiger partial charge on any atom is -0.349 e. The van der Waals surface area contributed by atoms with Crippen molar-refractivity contribution in [3.8, 4) is 10.6 Å². The predicted molar refractivity (Wildman–Crippen MR) is 128 cm³/mol. The van der Waals surface area contributed by atoms with E-state index in [9.17, 15) is 9.18 Å². The summed E-state index contributed by atoms with van der Waals surface area (Å²) in [5.74, 6) is 0.222. The zero-order valence-corrected chi connectivity index (χ0v) is 19.7. The molecule has 1 atom stereocenters. The minimum absolute atomic E-state index is 0.0279. The molecule has 4 nitrogen and oxygen atoms in total. The molecular formula is C26H30FN3OS. The molecule has 1 saturated carbocycles. The van der Waals surface area contributed by atoms with Crippen molar-refractivity contribution in [1.29, 1.82) is 0 Å². The summed E-state index contributed by atoms with van der Waals surface area (Å²) in [7, 11) is 4.11. The van der Waals surface area contributed by atoms with E-state index in [-0.39, 0.29) is 23.8 Å². The molecule has 0 saturated heterocycles. The molecule has 1 unspecified atom stereocenters. The third-order valence-corrected chi connectivity index (χ3v) is 7.53. The van der Waals surface area contributed by atoms with Gasteiger partial charge in [0.25, 0.3) is 5.91 Å². The maximum absolute atomic E-state index is 13.8. The van der Waals surface area contributed by atoms with E-state index in [2.05, 4.69) is 29.3 Å². The van der Waals surface area contributed by atoms with Gasteiger partial charge >= 0.3 is 0 Å². The Balaban J connectivity index is 1.39. The molecule has 6 heteroatoms. The van der Waals surface area contributed by atoms with Crippen LogP contribution in [0.5, 0.6) is 0 Å². The van der Waals surface area contributed by atoms with Crippen LogP contribution < -0.4 is 5.32 Å². The highest BCUT2D eigenvalue weighted by Crippen LogP contribution is 2.38. The summed E-state index contributed by atoms with van der Waals surface area (Å²) >= 11 is 1.45. The molecule has 1 heterocycles. The molecular weight excluding hydrogens is 421 g/mol. The van der Waals surface area contributed by atoms with Gasteiger partial charge in [-0.05, 0) is 70.3 Å². The fourth-order valence-corrected chi connectivity index (χ4v) is 5.80. The van der Waals surface area contributed by atoms with E-state index in [0.29, 0.717) is 10.8 Å². The molecule has 168 valence electrons. The maximum Gasteiger partial charge on any atom is 0.263 e. The quantitative estimate of drug-likeness (QED) is 0.511. The Bertz CT molecular complexity index is 1060. The zero-order chi connectivity index (χ0) is 22.7. The number of nitrogens with one attached hydrogen (secondary N) is 1. The number of carbonyl (C=O) groups excluding carboxylic acids is 1. The van der Waals surface area contributed by atoms with Crippen LogP contribution in [0.4, 0.5) is 4.39 Å². The van der Waals surface area contributed by atoms with Gasteiger partial charge in [0.1, 0.15) is 15.7 Å². The van der Waals surface area contributed by atoms with Crippen molar-refractivity contribution in [3.05, 3.63) is 76.5 Å². The van der Waals surface area contributed by atoms with Crippen LogP contribution in [0.2, 0.25) is 0 Å². The number of aromatic nitrogens is 1. The molecule has 1 N–H and O–H groups in total. The number of thiazole rings is 1. The first kappa shape index (κ1) is 22.6. The number of amides is 1. The molecule has 0 bridgehead atoms. The average molecular weight is 452 g/mol. The molecule has 0 spiro atoms. The Morgan fingerprint density at radius 1 is 1.09 bits per heavy atom. The number of carbonyl (C=O) groups is 1. The van der Waals surface area contributed by atoms with Crippen molar-refractivity contribution >= 4 is 17.2 Å². The number of hydrogen-bond acceptors (Lipinski definition) is 4. The first-order chi connectivity index (χ1) is 15.4. The third kappa shape index (κ3) is 5.08. The SMILES string of the molecule is Cc1nc(-c2ccccc2)sc1C(=O)NC1CCC(C(c2cccc(F)c2)N(C)C)CC1. The highest BCUT2D eigenvalue weighted by molar-refractivity contribution is 7.17. The Morgan fingerprint density at radius 2 is 1.81 bits per heavy atom. The Labute approximate surface area is 193 Å². The van der Waals surface area contributed by atoms with E-state index in [0.717, 1.165) is 47.5 Å². The number of aryl methyl sites for hydroxylation is 1. The van der Waals surface area contributed by atoms with Gasteiger partial charge in [0.05, 0.1) is 5.69 Å². The second kappa shape index (κ2) is 9.92. The van der Waals surface area contributed by atoms with Crippen molar-refractivity contribution in [1.82, 2.24) is 15.2 Å². The van der Waals surface area contributed by atoms with Crippen molar-refractivity contribution in [2.45, 2.75) is 44.7 Å². The monoisotopic (exact) mass is 451 g/mol. The van der Waals surface area contributed by atoms with E-state index in [1.165, 1.54) is 17.4 Å². The molecule has 4 rings (SSSR count). The molecule has 1 amide bonds. The Hall–Kier alpha value is -2.57. The Morgan fingerprint density at radius 3 is 2.47 bits per heavy atom. The summed E-state index contributed by atoms with van der Waals surface area (Å²) in [5, 5.41) is 4.11. The van der Waals surface area contributed by atoms with Crippen molar-refractivity contribution in [2.75, 3.05) is 14.1 Å². The summed E-state index contributed by atoms with van der Waals surface area (Å²) in [5.41, 5.74) is 2.84. The third-order valence-electron chi connectivity index (χ3n) is 6.32. The van der Waals surface area contributed by atoms with Gasteiger partial charge < -0.3 is 10.2 Å². The van der Waals surface area contributed by atoms with Crippen molar-refractivity contribution < 1.29 is 9.18 Å². The molecule has 1 aromatic heterocycles. The molecule has 32 heavy (non-hydrogen) atoms. The van der Waals surface area contributed by atoms with Crippen LogP contribution in [0, 0.1) is 18.7 Å². The van der Waals surface area contributed by atoms with Gasteiger partial charge in [-0.2, -0.15) is 0 Å². The molecule has 0 aliphatic heterocycles. The van der Waals surface area contributed by atoms with Crippen LogP contribution in [0.1, 0.15) is 52.7 Å². The number of rotatable bonds is 6. The first-order valence-corrected chi connectivity index (χ1v) is 12.0. The normalized spacial score (nSPS) is 19.7. The number of halogens is 1. The van der Waals surface area contributed by atoms with Gasteiger partial charge in [0.2, 0.25) is 0 Å². The lowest BCUT2D eigenvalue weighted by molar-refractivity contribution is 0.0910. The summed E-state index contributed by atoms with van der Waals surface area (Å²) in [6, 6.07) is 17.3. The minimum atomic E-state index is -0.190. The van der Waals surface area contributed by atoms with E-state index >= 15 is 0 Å². The number of hydrogen-bond donors (Lipinski definition) is 1. The molecule has 1 aliphatic rings. The zero-order valence-electron chi connectivity index (χ0n) is 18.8. The lowest BCUT2D eigenvalue weighted by Crippen LogP contribution is -2.39. The van der Waals surface area contributed by atoms with Crippen LogP contribution in [0.25, 0.3) is 10.6 Å². The summed E-state index contributed by atoms with van der Waals surface area (Å²) < 4.78 is 13.8. The highest BCUT2D eigenvalue weighted by Gasteiger charge is 2.31. The largest absolute Gasteiger partial charge is 0.349 e. The second-order valence-electron chi connectivity index (χ2n) is 8.85. The van der Waals surface area contributed by atoms with Gasteiger partial charge in [-0.1, -0.05) is 42.5 Å². The standard InChI is InChI=1S/C26H30FN3OS/c1-17-24(32-26(28-17)19-8-5-4-6-9-19)25(31)29-22-14-12-18(13-15-22)23(30(2)3)20-10-7-11-21(27)16-20/h4-11,16,18,22-23H,12-15H2,1-3H3,(H,29,31). The molecule has 1 fully saturated rings. The second-order valence-corrected chi connectivity index (χ2v) is 9.85. The van der Waals surface area contributed by atoms with Gasteiger partial charge in [-0.15, -0.1) is 11.3 Å². The van der Waals surface area contributed by atoms with Crippen LogP contribution in [0.15, 0.2) is 54.6 Å². The maximum atomic E-state index is 13.8. The summed E-state index contributed by atoms with van der Waals surface area (Å²) in [4.78, 5) is 20.5. The highest BCUT2D eigenvalue weighted by atomic mass is 32.1. The van der Waals surface area contributed by atoms with Gasteiger partial charge in [0.15, 0.2) is 0 Å². The molecule has 3 aromatic rings. The Kier molecular flexibility index (Phi) is 7.01. The number of benzene rings is 2. The van der Waals surface area contributed by atoms with Crippen LogP contribution in [-0.4, -0.2) is 35.9 Å². The smallest absolute Gasteiger partial charge is 0.263 e. The van der Waals surface area contributed by atoms with Crippen LogP contribution in [0.3, 0.4) is 0 Å². The average Bonchev–Trinajstić information content (AvgIpc) is 3.17. The fraction of sp³-hybridized carbons (Fsp3) is 0.385. The first-order valence-electron chi connectivity index (χ1n) is 11.2.